The third-order valence-electron chi connectivity index (χ3n) is 2.54. The molecule has 0 unspecified atom stereocenters. The summed E-state index contributed by atoms with van der Waals surface area (Å²) in [6, 6.07) is 7.81. The summed E-state index contributed by atoms with van der Waals surface area (Å²) in [7, 11) is 0. The van der Waals surface area contributed by atoms with Gasteiger partial charge in [-0.15, -0.1) is 0 Å². The zero-order valence-electron chi connectivity index (χ0n) is 10.1. The van der Waals surface area contributed by atoms with Crippen LogP contribution in [0.15, 0.2) is 36.8 Å². The van der Waals surface area contributed by atoms with E-state index in [4.69, 9.17) is 18.0 Å². The van der Waals surface area contributed by atoms with E-state index in [1.54, 1.807) is 6.20 Å². The molecule has 2 aromatic rings. The summed E-state index contributed by atoms with van der Waals surface area (Å²) < 4.78 is 0. The van der Waals surface area contributed by atoms with Crippen molar-refractivity contribution in [3.8, 4) is 0 Å². The lowest BCUT2D eigenvalue weighted by molar-refractivity contribution is 1.01. The Hall–Kier alpha value is -2.01. The Kier molecular flexibility index (Phi) is 3.84. The molecule has 18 heavy (non-hydrogen) atoms. The van der Waals surface area contributed by atoms with Crippen LogP contribution in [0.2, 0.25) is 0 Å². The summed E-state index contributed by atoms with van der Waals surface area (Å²) in [5.74, 6) is 0. The molecule has 0 aliphatic heterocycles. The van der Waals surface area contributed by atoms with Crippen molar-refractivity contribution in [3.63, 3.8) is 0 Å². The number of hydrogen-bond acceptors (Lipinski definition) is 4. The van der Waals surface area contributed by atoms with Crippen molar-refractivity contribution in [2.24, 2.45) is 5.73 Å². The van der Waals surface area contributed by atoms with E-state index < -0.39 is 0 Å². The largest absolute Gasteiger partial charge is 0.389 e. The van der Waals surface area contributed by atoms with Gasteiger partial charge in [0.1, 0.15) is 11.3 Å². The summed E-state index contributed by atoms with van der Waals surface area (Å²) in [5, 5.41) is 3.29. The van der Waals surface area contributed by atoms with E-state index in [9.17, 15) is 0 Å². The minimum Gasteiger partial charge on any atom is -0.389 e. The SMILES string of the molecule is Cc1ccc(C(N)=S)c(NCc2ccncn2)c1. The van der Waals surface area contributed by atoms with E-state index >= 15 is 0 Å². The van der Waals surface area contributed by atoms with Gasteiger partial charge in [0.05, 0.1) is 12.2 Å². The number of benzene rings is 1. The zero-order valence-corrected chi connectivity index (χ0v) is 10.9. The molecule has 0 aliphatic carbocycles. The first-order valence-corrected chi connectivity index (χ1v) is 5.97. The highest BCUT2D eigenvalue weighted by molar-refractivity contribution is 7.80. The Morgan fingerprint density at radius 1 is 1.39 bits per heavy atom. The molecule has 0 saturated heterocycles. The Morgan fingerprint density at radius 2 is 2.22 bits per heavy atom. The van der Waals surface area contributed by atoms with Crippen LogP contribution in [0.4, 0.5) is 5.69 Å². The fraction of sp³-hybridized carbons (Fsp3) is 0.154. The predicted octanol–water partition coefficient (Wildman–Crippen LogP) is 2.03. The van der Waals surface area contributed by atoms with E-state index in [1.807, 2.05) is 31.2 Å². The molecule has 1 aromatic heterocycles. The first-order chi connectivity index (χ1) is 8.66. The van der Waals surface area contributed by atoms with Crippen molar-refractivity contribution in [1.82, 2.24) is 9.97 Å². The van der Waals surface area contributed by atoms with Crippen LogP contribution < -0.4 is 11.1 Å². The standard InChI is InChI=1S/C13H14N4S/c1-9-2-3-11(13(14)18)12(6-9)16-7-10-4-5-15-8-17-10/h2-6,8,16H,7H2,1H3,(H2,14,18). The lowest BCUT2D eigenvalue weighted by Crippen LogP contribution is -2.13. The molecular formula is C13H14N4S. The molecule has 0 bridgehead atoms. The maximum atomic E-state index is 5.70. The van der Waals surface area contributed by atoms with E-state index in [1.165, 1.54) is 6.33 Å². The highest BCUT2D eigenvalue weighted by Gasteiger charge is 2.05. The molecular weight excluding hydrogens is 244 g/mol. The van der Waals surface area contributed by atoms with Gasteiger partial charge in [-0.3, -0.25) is 0 Å². The fourth-order valence-corrected chi connectivity index (χ4v) is 1.81. The molecule has 0 saturated carbocycles. The molecule has 0 radical (unpaired) electrons. The van der Waals surface area contributed by atoms with E-state index in [-0.39, 0.29) is 0 Å². The van der Waals surface area contributed by atoms with Crippen molar-refractivity contribution in [3.05, 3.63) is 53.6 Å². The van der Waals surface area contributed by atoms with Gasteiger partial charge in [-0.2, -0.15) is 0 Å². The second kappa shape index (κ2) is 5.55. The molecule has 92 valence electrons. The number of nitrogens with two attached hydrogens (primary N) is 1. The van der Waals surface area contributed by atoms with Crippen LogP contribution in [-0.2, 0) is 6.54 Å². The first-order valence-electron chi connectivity index (χ1n) is 5.56. The second-order valence-corrected chi connectivity index (χ2v) is 4.41. The van der Waals surface area contributed by atoms with Crippen molar-refractivity contribution >= 4 is 22.9 Å². The number of aromatic nitrogens is 2. The number of nitrogens with one attached hydrogen (secondary N) is 1. The molecule has 3 N–H and O–H groups in total. The minimum absolute atomic E-state index is 0.389. The molecule has 1 aromatic carbocycles. The maximum absolute atomic E-state index is 5.70. The smallest absolute Gasteiger partial charge is 0.115 e. The van der Waals surface area contributed by atoms with Gasteiger partial charge >= 0.3 is 0 Å². The van der Waals surface area contributed by atoms with Gasteiger partial charge in [0.15, 0.2) is 0 Å². The van der Waals surface area contributed by atoms with Crippen molar-refractivity contribution < 1.29 is 0 Å². The van der Waals surface area contributed by atoms with Gasteiger partial charge in [-0.25, -0.2) is 9.97 Å². The van der Waals surface area contributed by atoms with Crippen LogP contribution in [0.5, 0.6) is 0 Å². The number of anilines is 1. The van der Waals surface area contributed by atoms with Gasteiger partial charge in [-0.05, 0) is 30.7 Å². The van der Waals surface area contributed by atoms with Crippen molar-refractivity contribution in [2.45, 2.75) is 13.5 Å². The van der Waals surface area contributed by atoms with Gasteiger partial charge in [-0.1, -0.05) is 18.3 Å². The lowest BCUT2D eigenvalue weighted by Gasteiger charge is -2.11. The summed E-state index contributed by atoms with van der Waals surface area (Å²) in [6.45, 7) is 2.64. The average molecular weight is 258 g/mol. The second-order valence-electron chi connectivity index (χ2n) is 3.97. The molecule has 0 amide bonds. The molecule has 0 spiro atoms. The summed E-state index contributed by atoms with van der Waals surface area (Å²) in [5.41, 5.74) is 9.55. The third-order valence-corrected chi connectivity index (χ3v) is 2.76. The van der Waals surface area contributed by atoms with E-state index in [0.717, 1.165) is 22.5 Å². The summed E-state index contributed by atoms with van der Waals surface area (Å²) in [4.78, 5) is 8.42. The number of nitrogens with zero attached hydrogens (tertiary/aromatic N) is 2. The first kappa shape index (κ1) is 12.4. The highest BCUT2D eigenvalue weighted by atomic mass is 32.1. The number of hydrogen-bond donors (Lipinski definition) is 2. The molecule has 2 rings (SSSR count). The van der Waals surface area contributed by atoms with Crippen LogP contribution >= 0.6 is 12.2 Å². The van der Waals surface area contributed by atoms with Crippen LogP contribution in [0.3, 0.4) is 0 Å². The Balaban J connectivity index is 2.18. The van der Waals surface area contributed by atoms with E-state index in [0.29, 0.717) is 11.5 Å². The third kappa shape index (κ3) is 3.01. The van der Waals surface area contributed by atoms with Crippen LogP contribution in [0, 0.1) is 6.92 Å². The van der Waals surface area contributed by atoms with Crippen molar-refractivity contribution in [2.75, 3.05) is 5.32 Å². The zero-order chi connectivity index (χ0) is 13.0. The molecule has 0 atom stereocenters. The Labute approximate surface area is 111 Å². The predicted molar refractivity (Wildman–Crippen MR) is 76.4 cm³/mol. The van der Waals surface area contributed by atoms with E-state index in [2.05, 4.69) is 15.3 Å². The average Bonchev–Trinajstić information content (AvgIpc) is 2.37. The molecule has 4 nitrogen and oxygen atoms in total. The minimum atomic E-state index is 0.389. The van der Waals surface area contributed by atoms with Crippen LogP contribution in [-0.4, -0.2) is 15.0 Å². The molecule has 0 fully saturated rings. The lowest BCUT2D eigenvalue weighted by atomic mass is 10.1. The molecule has 1 heterocycles. The molecule has 0 aliphatic rings. The van der Waals surface area contributed by atoms with Crippen molar-refractivity contribution in [1.29, 1.82) is 0 Å². The highest BCUT2D eigenvalue weighted by Crippen LogP contribution is 2.18. The monoisotopic (exact) mass is 258 g/mol. The van der Waals surface area contributed by atoms with Crippen LogP contribution in [0.25, 0.3) is 0 Å². The van der Waals surface area contributed by atoms with Gasteiger partial charge < -0.3 is 11.1 Å². The fourth-order valence-electron chi connectivity index (χ4n) is 1.63. The topological polar surface area (TPSA) is 63.8 Å². The van der Waals surface area contributed by atoms with Gasteiger partial charge in [0.2, 0.25) is 0 Å². The quantitative estimate of drug-likeness (QED) is 0.822. The summed E-state index contributed by atoms with van der Waals surface area (Å²) in [6.07, 6.45) is 3.25. The number of rotatable bonds is 4. The van der Waals surface area contributed by atoms with Gasteiger partial charge in [0, 0.05) is 17.4 Å². The van der Waals surface area contributed by atoms with Crippen LogP contribution in [0.1, 0.15) is 16.8 Å². The molecule has 5 heteroatoms. The number of thiocarbonyl (C=S) groups is 1. The normalized spacial score (nSPS) is 10.1. The Bertz CT molecular complexity index is 554. The van der Waals surface area contributed by atoms with Gasteiger partial charge in [0.25, 0.3) is 0 Å². The number of aryl methyl sites for hydroxylation is 1. The Morgan fingerprint density at radius 3 is 2.89 bits per heavy atom. The maximum Gasteiger partial charge on any atom is 0.115 e. The summed E-state index contributed by atoms with van der Waals surface area (Å²) >= 11 is 5.04.